The molecule has 1 N–H and O–H groups in total. The molecule has 1 heteroatoms. The molecule has 0 aromatic rings. The molecule has 3 atom stereocenters. The molecule has 0 heterocycles. The van der Waals surface area contributed by atoms with Crippen LogP contribution in [0.5, 0.6) is 0 Å². The van der Waals surface area contributed by atoms with Gasteiger partial charge in [0.2, 0.25) is 0 Å². The summed E-state index contributed by atoms with van der Waals surface area (Å²) < 4.78 is 0. The maximum Gasteiger partial charge on any atom is 0.0151 e. The van der Waals surface area contributed by atoms with E-state index in [1.165, 1.54) is 25.7 Å². The molecule has 1 spiro atoms. The number of rotatable bonds is 1. The summed E-state index contributed by atoms with van der Waals surface area (Å²) in [4.78, 5) is 0. The molecule has 12 heavy (non-hydrogen) atoms. The van der Waals surface area contributed by atoms with Crippen molar-refractivity contribution in [2.75, 3.05) is 7.05 Å². The molecule has 0 saturated heterocycles. The summed E-state index contributed by atoms with van der Waals surface area (Å²) in [5.74, 6) is 2.15. The lowest BCUT2D eigenvalue weighted by Gasteiger charge is -2.50. The molecule has 0 aromatic carbocycles. The van der Waals surface area contributed by atoms with Crippen molar-refractivity contribution in [2.45, 2.75) is 44.6 Å². The predicted molar refractivity (Wildman–Crippen MR) is 50.0 cm³/mol. The van der Waals surface area contributed by atoms with Gasteiger partial charge in [0.1, 0.15) is 0 Å². The molecule has 0 radical (unpaired) electrons. The second-order valence-corrected chi connectivity index (χ2v) is 5.12. The van der Waals surface area contributed by atoms with Crippen LogP contribution in [-0.4, -0.2) is 13.1 Å². The first kappa shape index (κ1) is 7.37. The standard InChI is InChI=1S/C11H19N/c1-12-10-8-3-4-9(7-8)11(10)5-2-6-11/h8-10,12H,2-7H2,1H3. The fourth-order valence-corrected chi connectivity index (χ4v) is 4.39. The zero-order valence-electron chi connectivity index (χ0n) is 7.97. The summed E-state index contributed by atoms with van der Waals surface area (Å²) in [5.41, 5.74) is 0.789. The summed E-state index contributed by atoms with van der Waals surface area (Å²) in [5, 5.41) is 3.59. The quantitative estimate of drug-likeness (QED) is 0.628. The smallest absolute Gasteiger partial charge is 0.0151 e. The summed E-state index contributed by atoms with van der Waals surface area (Å²) in [6.07, 6.45) is 9.16. The van der Waals surface area contributed by atoms with Crippen molar-refractivity contribution in [3.63, 3.8) is 0 Å². The molecular formula is C11H19N. The SMILES string of the molecule is CNC1C2CCC(C2)C12CCC2. The van der Waals surface area contributed by atoms with Crippen LogP contribution in [0.3, 0.4) is 0 Å². The topological polar surface area (TPSA) is 12.0 Å². The molecule has 0 amide bonds. The van der Waals surface area contributed by atoms with E-state index >= 15 is 0 Å². The number of fused-ring (bicyclic) bond motifs is 3. The van der Waals surface area contributed by atoms with Crippen molar-refractivity contribution < 1.29 is 0 Å². The molecule has 2 bridgehead atoms. The van der Waals surface area contributed by atoms with Crippen molar-refractivity contribution in [3.05, 3.63) is 0 Å². The first-order valence-electron chi connectivity index (χ1n) is 5.54. The fourth-order valence-electron chi connectivity index (χ4n) is 4.39. The normalized spacial score (nSPS) is 48.2. The van der Waals surface area contributed by atoms with Crippen molar-refractivity contribution in [3.8, 4) is 0 Å². The van der Waals surface area contributed by atoms with Crippen LogP contribution in [0.2, 0.25) is 0 Å². The summed E-state index contributed by atoms with van der Waals surface area (Å²) in [6.45, 7) is 0. The molecule has 3 rings (SSSR count). The van der Waals surface area contributed by atoms with Gasteiger partial charge in [-0.1, -0.05) is 6.42 Å². The molecular weight excluding hydrogens is 146 g/mol. The van der Waals surface area contributed by atoms with Gasteiger partial charge in [0.15, 0.2) is 0 Å². The van der Waals surface area contributed by atoms with E-state index in [9.17, 15) is 0 Å². The minimum Gasteiger partial charge on any atom is -0.316 e. The van der Waals surface area contributed by atoms with Gasteiger partial charge in [0.05, 0.1) is 0 Å². The van der Waals surface area contributed by atoms with Crippen molar-refractivity contribution in [1.29, 1.82) is 0 Å². The minimum atomic E-state index is 0.789. The number of nitrogens with one attached hydrogen (secondary N) is 1. The Bertz CT molecular complexity index is 195. The molecule has 3 saturated carbocycles. The molecule has 3 unspecified atom stereocenters. The Kier molecular flexibility index (Phi) is 1.39. The van der Waals surface area contributed by atoms with Crippen molar-refractivity contribution in [2.24, 2.45) is 17.3 Å². The second-order valence-electron chi connectivity index (χ2n) is 5.12. The van der Waals surface area contributed by atoms with Gasteiger partial charge in [-0.25, -0.2) is 0 Å². The van der Waals surface area contributed by atoms with Crippen LogP contribution in [0.1, 0.15) is 38.5 Å². The summed E-state index contributed by atoms with van der Waals surface area (Å²) in [7, 11) is 2.17. The summed E-state index contributed by atoms with van der Waals surface area (Å²) in [6, 6.07) is 0.894. The van der Waals surface area contributed by atoms with Gasteiger partial charge < -0.3 is 5.32 Å². The van der Waals surface area contributed by atoms with E-state index in [4.69, 9.17) is 0 Å². The average molecular weight is 165 g/mol. The highest BCUT2D eigenvalue weighted by atomic mass is 14.9. The van der Waals surface area contributed by atoms with Crippen LogP contribution >= 0.6 is 0 Å². The number of hydrogen-bond donors (Lipinski definition) is 1. The highest BCUT2D eigenvalue weighted by Crippen LogP contribution is 2.64. The molecule has 0 aliphatic heterocycles. The van der Waals surface area contributed by atoms with Gasteiger partial charge in [-0.2, -0.15) is 0 Å². The highest BCUT2D eigenvalue weighted by molar-refractivity contribution is 5.12. The molecule has 3 fully saturated rings. The van der Waals surface area contributed by atoms with E-state index in [0.29, 0.717) is 0 Å². The van der Waals surface area contributed by atoms with Gasteiger partial charge in [0, 0.05) is 6.04 Å². The fraction of sp³-hybridized carbons (Fsp3) is 1.00. The van der Waals surface area contributed by atoms with E-state index in [2.05, 4.69) is 12.4 Å². The summed E-state index contributed by atoms with van der Waals surface area (Å²) >= 11 is 0. The zero-order chi connectivity index (χ0) is 8.18. The predicted octanol–water partition coefficient (Wildman–Crippen LogP) is 2.17. The van der Waals surface area contributed by atoms with Gasteiger partial charge in [-0.15, -0.1) is 0 Å². The first-order chi connectivity index (χ1) is 5.87. The third kappa shape index (κ3) is 0.654. The van der Waals surface area contributed by atoms with E-state index < -0.39 is 0 Å². The monoisotopic (exact) mass is 165 g/mol. The average Bonchev–Trinajstić information content (AvgIpc) is 2.56. The second kappa shape index (κ2) is 2.25. The Morgan fingerprint density at radius 2 is 2.08 bits per heavy atom. The van der Waals surface area contributed by atoms with Gasteiger partial charge in [-0.3, -0.25) is 0 Å². The Labute approximate surface area is 74.9 Å². The van der Waals surface area contributed by atoms with Crippen LogP contribution in [0, 0.1) is 17.3 Å². The van der Waals surface area contributed by atoms with Gasteiger partial charge in [0.25, 0.3) is 0 Å². The molecule has 0 aromatic heterocycles. The minimum absolute atomic E-state index is 0.789. The highest BCUT2D eigenvalue weighted by Gasteiger charge is 2.59. The van der Waals surface area contributed by atoms with E-state index in [-0.39, 0.29) is 0 Å². The van der Waals surface area contributed by atoms with E-state index in [1.54, 1.807) is 12.8 Å². The first-order valence-corrected chi connectivity index (χ1v) is 5.54. The lowest BCUT2D eigenvalue weighted by atomic mass is 9.57. The molecule has 1 nitrogen and oxygen atoms in total. The third-order valence-corrected chi connectivity index (χ3v) is 4.97. The van der Waals surface area contributed by atoms with Crippen molar-refractivity contribution >= 4 is 0 Å². The molecule has 3 aliphatic carbocycles. The van der Waals surface area contributed by atoms with E-state index in [1.807, 2.05) is 0 Å². The zero-order valence-corrected chi connectivity index (χ0v) is 7.97. The van der Waals surface area contributed by atoms with Gasteiger partial charge >= 0.3 is 0 Å². The van der Waals surface area contributed by atoms with E-state index in [0.717, 1.165) is 23.3 Å². The van der Waals surface area contributed by atoms with Crippen LogP contribution in [0.4, 0.5) is 0 Å². The maximum atomic E-state index is 3.59. The largest absolute Gasteiger partial charge is 0.316 e. The van der Waals surface area contributed by atoms with Gasteiger partial charge in [-0.05, 0) is 56.4 Å². The molecule has 68 valence electrons. The Morgan fingerprint density at radius 3 is 2.58 bits per heavy atom. The third-order valence-electron chi connectivity index (χ3n) is 4.97. The van der Waals surface area contributed by atoms with Crippen LogP contribution < -0.4 is 5.32 Å². The van der Waals surface area contributed by atoms with Crippen molar-refractivity contribution in [1.82, 2.24) is 5.32 Å². The molecule has 3 aliphatic rings. The Morgan fingerprint density at radius 1 is 1.25 bits per heavy atom. The number of hydrogen-bond acceptors (Lipinski definition) is 1. The van der Waals surface area contributed by atoms with Crippen LogP contribution in [0.25, 0.3) is 0 Å². The maximum absolute atomic E-state index is 3.59. The Balaban J connectivity index is 1.91. The van der Waals surface area contributed by atoms with Crippen LogP contribution in [0.15, 0.2) is 0 Å². The lowest BCUT2D eigenvalue weighted by Crippen LogP contribution is -2.51. The Hall–Kier alpha value is -0.0400. The van der Waals surface area contributed by atoms with Crippen LogP contribution in [-0.2, 0) is 0 Å². The lowest BCUT2D eigenvalue weighted by molar-refractivity contribution is 0.0209.